The highest BCUT2D eigenvalue weighted by Crippen LogP contribution is 2.24. The Labute approximate surface area is 109 Å². The molecule has 0 saturated heterocycles. The lowest BCUT2D eigenvalue weighted by Gasteiger charge is -2.10. The number of carbonyl (C=O) groups excluding carboxylic acids is 1. The Morgan fingerprint density at radius 1 is 1.32 bits per heavy atom. The second-order valence-corrected chi connectivity index (χ2v) is 5.56. The molecule has 0 saturated carbocycles. The average Bonchev–Trinajstić information content (AvgIpc) is 2.37. The Hall–Kier alpha value is -1.70. The molecule has 0 radical (unpaired) electrons. The van der Waals surface area contributed by atoms with Gasteiger partial charge in [-0.25, -0.2) is 13.2 Å². The van der Waals surface area contributed by atoms with Crippen LogP contribution >= 0.6 is 0 Å². The molecule has 1 aromatic rings. The molecule has 0 aliphatic heterocycles. The minimum Gasteiger partial charge on any atom is -0.496 e. The topological polar surface area (TPSA) is 69.7 Å². The summed E-state index contributed by atoms with van der Waals surface area (Å²) >= 11 is 0. The van der Waals surface area contributed by atoms with E-state index in [0.29, 0.717) is 0 Å². The van der Waals surface area contributed by atoms with Crippen molar-refractivity contribution in [3.63, 3.8) is 0 Å². The number of hydrogen-bond donors (Lipinski definition) is 0. The molecular weight excluding hydrogens is 282 g/mol. The third kappa shape index (κ3) is 3.63. The third-order valence-electron chi connectivity index (χ3n) is 2.34. The largest absolute Gasteiger partial charge is 0.496 e. The van der Waals surface area contributed by atoms with Gasteiger partial charge in [-0.3, -0.25) is 0 Å². The molecular formula is C11H12F2O5S. The molecule has 0 aromatic heterocycles. The summed E-state index contributed by atoms with van der Waals surface area (Å²) in [7, 11) is -2.12. The van der Waals surface area contributed by atoms with Crippen molar-refractivity contribution >= 4 is 15.8 Å². The number of halogens is 2. The van der Waals surface area contributed by atoms with Gasteiger partial charge >= 0.3 is 11.7 Å². The first-order chi connectivity index (χ1) is 8.81. The molecule has 0 unspecified atom stereocenters. The summed E-state index contributed by atoms with van der Waals surface area (Å²) in [5, 5.41) is 0. The molecule has 0 aliphatic rings. The lowest BCUT2D eigenvalue weighted by atomic mass is 10.1. The van der Waals surface area contributed by atoms with Gasteiger partial charge in [-0.05, 0) is 12.1 Å². The van der Waals surface area contributed by atoms with Crippen LogP contribution in [-0.4, -0.2) is 34.4 Å². The number of rotatable bonds is 5. The SMILES string of the molecule is COC(=O)c1ccc(CS(=O)(=O)C(F)F)c(OC)c1. The van der Waals surface area contributed by atoms with E-state index in [1.165, 1.54) is 32.4 Å². The van der Waals surface area contributed by atoms with Gasteiger partial charge < -0.3 is 9.47 Å². The van der Waals surface area contributed by atoms with E-state index in [-0.39, 0.29) is 16.9 Å². The fourth-order valence-electron chi connectivity index (χ4n) is 1.39. The summed E-state index contributed by atoms with van der Waals surface area (Å²) < 4.78 is 56.2. The highest BCUT2D eigenvalue weighted by molar-refractivity contribution is 7.90. The van der Waals surface area contributed by atoms with E-state index in [1.807, 2.05) is 0 Å². The van der Waals surface area contributed by atoms with Crippen LogP contribution in [0.3, 0.4) is 0 Å². The minimum absolute atomic E-state index is 0.0344. The van der Waals surface area contributed by atoms with Gasteiger partial charge in [-0.15, -0.1) is 0 Å². The molecule has 8 heteroatoms. The van der Waals surface area contributed by atoms with Crippen LogP contribution in [0.15, 0.2) is 18.2 Å². The molecule has 0 bridgehead atoms. The number of sulfone groups is 1. The molecule has 0 spiro atoms. The van der Waals surface area contributed by atoms with E-state index in [4.69, 9.17) is 4.74 Å². The molecule has 1 aromatic carbocycles. The maximum Gasteiger partial charge on any atom is 0.337 e. The summed E-state index contributed by atoms with van der Waals surface area (Å²) in [6.07, 6.45) is 0. The molecule has 1 rings (SSSR count). The smallest absolute Gasteiger partial charge is 0.337 e. The van der Waals surface area contributed by atoms with Crippen molar-refractivity contribution < 1.29 is 31.5 Å². The zero-order valence-corrected chi connectivity index (χ0v) is 11.0. The maximum atomic E-state index is 12.3. The fourth-order valence-corrected chi connectivity index (χ4v) is 2.19. The summed E-state index contributed by atoms with van der Waals surface area (Å²) in [6, 6.07) is 3.76. The molecule has 0 fully saturated rings. The van der Waals surface area contributed by atoms with Crippen molar-refractivity contribution in [3.8, 4) is 5.75 Å². The Bertz CT molecular complexity index is 568. The van der Waals surface area contributed by atoms with E-state index >= 15 is 0 Å². The second-order valence-electron chi connectivity index (χ2n) is 3.59. The van der Waals surface area contributed by atoms with Crippen LogP contribution in [0.2, 0.25) is 0 Å². The Morgan fingerprint density at radius 3 is 2.42 bits per heavy atom. The number of carbonyl (C=O) groups is 1. The average molecular weight is 294 g/mol. The molecule has 0 aliphatic carbocycles. The maximum absolute atomic E-state index is 12.3. The van der Waals surface area contributed by atoms with E-state index in [2.05, 4.69) is 4.74 Å². The predicted octanol–water partition coefficient (Wildman–Crippen LogP) is 1.62. The molecule has 5 nitrogen and oxygen atoms in total. The van der Waals surface area contributed by atoms with Crippen molar-refractivity contribution in [3.05, 3.63) is 29.3 Å². The summed E-state index contributed by atoms with van der Waals surface area (Å²) in [4.78, 5) is 11.3. The zero-order valence-electron chi connectivity index (χ0n) is 10.2. The van der Waals surface area contributed by atoms with Gasteiger partial charge in [-0.2, -0.15) is 8.78 Å². The number of alkyl halides is 2. The quantitative estimate of drug-likeness (QED) is 0.772. The van der Waals surface area contributed by atoms with Gasteiger partial charge in [0.1, 0.15) is 5.75 Å². The number of ether oxygens (including phenoxy) is 2. The summed E-state index contributed by atoms with van der Waals surface area (Å²) in [6.45, 7) is 0. The molecule has 19 heavy (non-hydrogen) atoms. The molecule has 0 amide bonds. The lowest BCUT2D eigenvalue weighted by molar-refractivity contribution is 0.0600. The van der Waals surface area contributed by atoms with Crippen molar-refractivity contribution in [2.45, 2.75) is 11.5 Å². The number of methoxy groups -OCH3 is 2. The van der Waals surface area contributed by atoms with Crippen LogP contribution in [0, 0.1) is 0 Å². The highest BCUT2D eigenvalue weighted by Gasteiger charge is 2.26. The molecule has 0 atom stereocenters. The van der Waals surface area contributed by atoms with Crippen molar-refractivity contribution in [1.82, 2.24) is 0 Å². The Morgan fingerprint density at radius 2 is 1.95 bits per heavy atom. The van der Waals surface area contributed by atoms with Crippen LogP contribution < -0.4 is 4.74 Å². The number of benzene rings is 1. The Kier molecular flexibility index (Phi) is 4.82. The van der Waals surface area contributed by atoms with Gasteiger partial charge in [0.05, 0.1) is 25.5 Å². The minimum atomic E-state index is -4.55. The van der Waals surface area contributed by atoms with Crippen LogP contribution in [0.1, 0.15) is 15.9 Å². The predicted molar refractivity (Wildman–Crippen MR) is 63.0 cm³/mol. The number of esters is 1. The van der Waals surface area contributed by atoms with Crippen LogP contribution in [0.4, 0.5) is 8.78 Å². The van der Waals surface area contributed by atoms with Gasteiger partial charge in [0, 0.05) is 5.56 Å². The van der Waals surface area contributed by atoms with Crippen molar-refractivity contribution in [1.29, 1.82) is 0 Å². The van der Waals surface area contributed by atoms with Gasteiger partial charge in [-0.1, -0.05) is 6.07 Å². The van der Waals surface area contributed by atoms with Gasteiger partial charge in [0.2, 0.25) is 9.84 Å². The van der Waals surface area contributed by atoms with Gasteiger partial charge in [0.25, 0.3) is 0 Å². The monoisotopic (exact) mass is 294 g/mol. The molecule has 0 heterocycles. The van der Waals surface area contributed by atoms with E-state index in [1.54, 1.807) is 0 Å². The standard InChI is InChI=1S/C11H12F2O5S/c1-17-9-5-7(10(14)18-2)3-4-8(9)6-19(15,16)11(12)13/h3-5,11H,6H2,1-2H3. The Balaban J connectivity index is 3.14. The summed E-state index contributed by atoms with van der Waals surface area (Å²) in [5.74, 6) is -4.93. The number of hydrogen-bond acceptors (Lipinski definition) is 5. The first-order valence-corrected chi connectivity index (χ1v) is 6.78. The van der Waals surface area contributed by atoms with E-state index in [9.17, 15) is 22.0 Å². The van der Waals surface area contributed by atoms with E-state index < -0.39 is 27.3 Å². The van der Waals surface area contributed by atoms with E-state index in [0.717, 1.165) is 0 Å². The third-order valence-corrected chi connectivity index (χ3v) is 3.59. The first kappa shape index (κ1) is 15.4. The van der Waals surface area contributed by atoms with Gasteiger partial charge in [0.15, 0.2) is 0 Å². The molecule has 0 N–H and O–H groups in total. The fraction of sp³-hybridized carbons (Fsp3) is 0.364. The summed E-state index contributed by atoms with van der Waals surface area (Å²) in [5.41, 5.74) is 0.188. The lowest BCUT2D eigenvalue weighted by Crippen LogP contribution is -2.14. The van der Waals surface area contributed by atoms with Crippen LogP contribution in [0.25, 0.3) is 0 Å². The van der Waals surface area contributed by atoms with Crippen LogP contribution in [-0.2, 0) is 20.3 Å². The highest BCUT2D eigenvalue weighted by atomic mass is 32.2. The zero-order chi connectivity index (χ0) is 14.6. The van der Waals surface area contributed by atoms with Crippen LogP contribution in [0.5, 0.6) is 5.75 Å². The van der Waals surface area contributed by atoms with Crippen molar-refractivity contribution in [2.24, 2.45) is 0 Å². The normalized spacial score (nSPS) is 11.4. The second kappa shape index (κ2) is 5.96. The first-order valence-electron chi connectivity index (χ1n) is 5.06. The molecule has 106 valence electrons. The van der Waals surface area contributed by atoms with Crippen molar-refractivity contribution in [2.75, 3.05) is 14.2 Å².